The first-order chi connectivity index (χ1) is 7.73. The molecule has 1 saturated heterocycles. The molecule has 18 heavy (non-hydrogen) atoms. The van der Waals surface area contributed by atoms with Crippen molar-refractivity contribution in [1.82, 2.24) is 4.90 Å². The predicted molar refractivity (Wildman–Crippen MR) is 83.7 cm³/mol. The lowest BCUT2D eigenvalue weighted by atomic mass is 10.1. The van der Waals surface area contributed by atoms with Crippen molar-refractivity contribution in [3.05, 3.63) is 35.9 Å². The van der Waals surface area contributed by atoms with Crippen molar-refractivity contribution in [2.24, 2.45) is 0 Å². The summed E-state index contributed by atoms with van der Waals surface area (Å²) in [5, 5.41) is 0. The van der Waals surface area contributed by atoms with Crippen LogP contribution in [-0.2, 0) is 0 Å². The van der Waals surface area contributed by atoms with Crippen LogP contribution in [0.2, 0.25) is 19.6 Å². The Labute approximate surface area is 115 Å². The van der Waals surface area contributed by atoms with Gasteiger partial charge in [0.1, 0.15) is 0 Å². The number of benzene rings is 1. The molecule has 1 aliphatic heterocycles. The summed E-state index contributed by atoms with van der Waals surface area (Å²) in [5.41, 5.74) is 2.57. The molecule has 3 atom stereocenters. The van der Waals surface area contributed by atoms with Crippen molar-refractivity contribution in [3.8, 4) is 0 Å². The molecule has 1 heterocycles. The third-order valence-corrected chi connectivity index (χ3v) is 5.98. The van der Waals surface area contributed by atoms with E-state index in [-0.39, 0.29) is 14.0 Å². The average molecular weight is 258 g/mol. The second-order valence-corrected chi connectivity index (χ2v) is 12.6. The first-order valence-corrected chi connectivity index (χ1v) is 10.1. The summed E-state index contributed by atoms with van der Waals surface area (Å²) in [6.45, 7) is 14.5. The molecular formula is C15H25BNSi. The van der Waals surface area contributed by atoms with Crippen LogP contribution in [0.3, 0.4) is 0 Å². The van der Waals surface area contributed by atoms with E-state index in [0.29, 0.717) is 6.04 Å². The van der Waals surface area contributed by atoms with Gasteiger partial charge in [0.2, 0.25) is 0 Å². The summed E-state index contributed by atoms with van der Waals surface area (Å²) in [4.78, 5) is 2.70. The third kappa shape index (κ3) is 2.89. The summed E-state index contributed by atoms with van der Waals surface area (Å²) >= 11 is 0. The SMILES string of the molecule is CC(C)(C)N1[C@H]([Si](C)(C)C)[C@@H]1c1ccccc1.[B]. The van der Waals surface area contributed by atoms with Gasteiger partial charge in [0, 0.05) is 25.7 Å². The maximum Gasteiger partial charge on any atom is 0.0663 e. The highest BCUT2D eigenvalue weighted by molar-refractivity contribution is 6.78. The lowest BCUT2D eigenvalue weighted by Gasteiger charge is -2.25. The monoisotopic (exact) mass is 258 g/mol. The molecule has 0 spiro atoms. The molecule has 0 bridgehead atoms. The molecule has 3 heteroatoms. The van der Waals surface area contributed by atoms with Crippen LogP contribution in [0.4, 0.5) is 0 Å². The van der Waals surface area contributed by atoms with Gasteiger partial charge in [-0.1, -0.05) is 50.0 Å². The van der Waals surface area contributed by atoms with Crippen LogP contribution in [-0.4, -0.2) is 32.6 Å². The van der Waals surface area contributed by atoms with Crippen LogP contribution in [0.15, 0.2) is 30.3 Å². The van der Waals surface area contributed by atoms with Crippen LogP contribution in [0.5, 0.6) is 0 Å². The van der Waals surface area contributed by atoms with Gasteiger partial charge in [-0.15, -0.1) is 0 Å². The Kier molecular flexibility index (Phi) is 4.19. The fourth-order valence-corrected chi connectivity index (χ4v) is 5.55. The molecule has 0 amide bonds. The highest BCUT2D eigenvalue weighted by Gasteiger charge is 2.58. The van der Waals surface area contributed by atoms with Crippen molar-refractivity contribution in [2.75, 3.05) is 0 Å². The Morgan fingerprint density at radius 1 is 1.00 bits per heavy atom. The van der Waals surface area contributed by atoms with Gasteiger partial charge in [-0.3, -0.25) is 4.90 Å². The standard InChI is InChI=1S/C15H25NSi.B/c1-15(2,3)16-13(14(16)17(4,5)6)12-10-8-7-9-11-12;/h7-11,13-14H,1-6H3;/t13-,14+,16?;/m0./s1. The largest absolute Gasteiger partial charge is 0.288 e. The molecule has 1 nitrogen and oxygen atoms in total. The molecule has 1 fully saturated rings. The van der Waals surface area contributed by atoms with E-state index in [1.807, 2.05) is 0 Å². The van der Waals surface area contributed by atoms with Crippen LogP contribution in [0, 0.1) is 0 Å². The topological polar surface area (TPSA) is 3.01 Å². The molecule has 1 aromatic rings. The zero-order valence-corrected chi connectivity index (χ0v) is 13.6. The molecule has 2 rings (SSSR count). The van der Waals surface area contributed by atoms with Crippen LogP contribution in [0.25, 0.3) is 0 Å². The van der Waals surface area contributed by atoms with E-state index in [0.717, 1.165) is 5.67 Å². The van der Waals surface area contributed by atoms with Crippen LogP contribution < -0.4 is 0 Å². The van der Waals surface area contributed by atoms with Crippen LogP contribution in [0.1, 0.15) is 32.4 Å². The Hall–Kier alpha value is -0.538. The quantitative estimate of drug-likeness (QED) is 0.577. The summed E-state index contributed by atoms with van der Waals surface area (Å²) in [5.74, 6) is 0. The minimum atomic E-state index is -1.12. The van der Waals surface area contributed by atoms with Crippen LogP contribution >= 0.6 is 0 Å². The zero-order valence-electron chi connectivity index (χ0n) is 12.6. The molecule has 0 aromatic heterocycles. The van der Waals surface area contributed by atoms with Crippen molar-refractivity contribution in [3.63, 3.8) is 0 Å². The molecule has 1 aromatic carbocycles. The van der Waals surface area contributed by atoms with Gasteiger partial charge in [-0.2, -0.15) is 0 Å². The molecular weight excluding hydrogens is 233 g/mol. The lowest BCUT2D eigenvalue weighted by molar-refractivity contribution is 0.280. The first kappa shape index (κ1) is 15.5. The molecule has 97 valence electrons. The van der Waals surface area contributed by atoms with Gasteiger partial charge in [-0.25, -0.2) is 0 Å². The number of hydrogen-bond acceptors (Lipinski definition) is 1. The smallest absolute Gasteiger partial charge is 0.0663 e. The van der Waals surface area contributed by atoms with Crippen molar-refractivity contribution in [1.29, 1.82) is 0 Å². The fraction of sp³-hybridized carbons (Fsp3) is 0.600. The van der Waals surface area contributed by atoms with E-state index >= 15 is 0 Å². The molecule has 0 N–H and O–H groups in total. The minimum absolute atomic E-state index is 0. The maximum atomic E-state index is 2.70. The Bertz CT molecular complexity index is 371. The second kappa shape index (κ2) is 4.86. The molecule has 1 unspecified atom stereocenters. The number of nitrogens with zero attached hydrogens (tertiary/aromatic N) is 1. The van der Waals surface area contributed by atoms with Gasteiger partial charge in [0.05, 0.1) is 8.07 Å². The summed E-state index contributed by atoms with van der Waals surface area (Å²) < 4.78 is 0. The van der Waals surface area contributed by atoms with Gasteiger partial charge < -0.3 is 0 Å². The van der Waals surface area contributed by atoms with E-state index in [1.54, 1.807) is 0 Å². The molecule has 1 aliphatic rings. The second-order valence-electron chi connectivity index (χ2n) is 7.24. The molecule has 0 aliphatic carbocycles. The fourth-order valence-electron chi connectivity index (χ4n) is 2.95. The van der Waals surface area contributed by atoms with E-state index < -0.39 is 8.07 Å². The summed E-state index contributed by atoms with van der Waals surface area (Å²) in [7, 11) is -1.12. The molecule has 0 saturated carbocycles. The van der Waals surface area contributed by atoms with E-state index in [4.69, 9.17) is 0 Å². The maximum absolute atomic E-state index is 2.70. The van der Waals surface area contributed by atoms with Crippen molar-refractivity contribution >= 4 is 16.5 Å². The van der Waals surface area contributed by atoms with E-state index in [2.05, 4.69) is 75.6 Å². The van der Waals surface area contributed by atoms with Gasteiger partial charge >= 0.3 is 0 Å². The van der Waals surface area contributed by atoms with Gasteiger partial charge in [0.15, 0.2) is 0 Å². The minimum Gasteiger partial charge on any atom is -0.288 e. The molecule has 3 radical (unpaired) electrons. The average Bonchev–Trinajstić information content (AvgIpc) is 2.92. The summed E-state index contributed by atoms with van der Waals surface area (Å²) in [6.07, 6.45) is 0. The first-order valence-electron chi connectivity index (χ1n) is 6.56. The Morgan fingerprint density at radius 3 is 1.83 bits per heavy atom. The summed E-state index contributed by atoms with van der Waals surface area (Å²) in [6, 6.07) is 11.7. The normalized spacial score (nSPS) is 27.6. The van der Waals surface area contributed by atoms with E-state index in [9.17, 15) is 0 Å². The Balaban J connectivity index is 0.00000162. The van der Waals surface area contributed by atoms with Crippen molar-refractivity contribution in [2.45, 2.75) is 57.7 Å². The van der Waals surface area contributed by atoms with Gasteiger partial charge in [0.25, 0.3) is 0 Å². The lowest BCUT2D eigenvalue weighted by Crippen LogP contribution is -2.37. The zero-order chi connectivity index (χ0) is 12.8. The highest BCUT2D eigenvalue weighted by atomic mass is 28.3. The Morgan fingerprint density at radius 2 is 1.50 bits per heavy atom. The number of hydrogen-bond donors (Lipinski definition) is 0. The predicted octanol–water partition coefficient (Wildman–Crippen LogP) is 3.71. The van der Waals surface area contributed by atoms with Gasteiger partial charge in [-0.05, 0) is 26.3 Å². The number of rotatable bonds is 2. The van der Waals surface area contributed by atoms with E-state index in [1.165, 1.54) is 5.56 Å². The highest BCUT2D eigenvalue weighted by Crippen LogP contribution is 2.52. The third-order valence-electron chi connectivity index (χ3n) is 3.61. The van der Waals surface area contributed by atoms with Crippen molar-refractivity contribution < 1.29 is 0 Å².